The number of likely N-dealkylation sites (N-methyl/N-ethyl adjacent to an activating group) is 1. The first-order valence-electron chi connectivity index (χ1n) is 11.9. The summed E-state index contributed by atoms with van der Waals surface area (Å²) in [5, 5.41) is 10.2. The van der Waals surface area contributed by atoms with Gasteiger partial charge in [0.15, 0.2) is 5.78 Å². The first-order chi connectivity index (χ1) is 16.4. The van der Waals surface area contributed by atoms with Gasteiger partial charge >= 0.3 is 6.01 Å². The molecule has 1 aliphatic heterocycles. The van der Waals surface area contributed by atoms with E-state index in [9.17, 15) is 10.1 Å². The molecule has 2 atom stereocenters. The number of fused-ring (bicyclic) bond motifs is 1. The summed E-state index contributed by atoms with van der Waals surface area (Å²) in [5.74, 6) is -0.439. The summed E-state index contributed by atoms with van der Waals surface area (Å²) in [5.41, 5.74) is 15.3. The Labute approximate surface area is 204 Å². The van der Waals surface area contributed by atoms with E-state index in [1.54, 1.807) is 12.3 Å². The first kappa shape index (κ1) is 24.2. The molecule has 0 bridgehead atoms. The minimum atomic E-state index is -0.400. The number of aromatic nitrogens is 2. The zero-order chi connectivity index (χ0) is 24.2. The molecule has 0 amide bonds. The third kappa shape index (κ3) is 4.79. The van der Waals surface area contributed by atoms with Gasteiger partial charge in [0.25, 0.3) is 0 Å². The van der Waals surface area contributed by atoms with Crippen molar-refractivity contribution in [3.8, 4) is 12.1 Å². The molecule has 2 aliphatic rings. The highest BCUT2D eigenvalue weighted by atomic mass is 32.1. The Morgan fingerprint density at radius 2 is 2.21 bits per heavy atom. The third-order valence-corrected chi connectivity index (χ3v) is 7.93. The van der Waals surface area contributed by atoms with Crippen LogP contribution in [0.1, 0.15) is 73.1 Å². The van der Waals surface area contributed by atoms with Gasteiger partial charge in [-0.1, -0.05) is 13.3 Å². The van der Waals surface area contributed by atoms with E-state index in [0.717, 1.165) is 49.1 Å². The second-order valence-corrected chi connectivity index (χ2v) is 10.2. The Morgan fingerprint density at radius 1 is 1.38 bits per heavy atom. The lowest BCUT2D eigenvalue weighted by Gasteiger charge is -2.24. The Hall–Kier alpha value is -2.96. The molecule has 2 aromatic rings. The highest BCUT2D eigenvalue weighted by molar-refractivity contribution is 7.16. The van der Waals surface area contributed by atoms with Gasteiger partial charge in [0.1, 0.15) is 17.7 Å². The van der Waals surface area contributed by atoms with Gasteiger partial charge in [-0.2, -0.15) is 10.2 Å². The Morgan fingerprint density at radius 3 is 2.91 bits per heavy atom. The van der Waals surface area contributed by atoms with Crippen LogP contribution in [0.5, 0.6) is 6.01 Å². The van der Waals surface area contributed by atoms with Crippen LogP contribution in [-0.4, -0.2) is 46.9 Å². The fraction of sp³-hybridized carbons (Fsp3) is 0.520. The summed E-state index contributed by atoms with van der Waals surface area (Å²) in [7, 11) is 2.09. The van der Waals surface area contributed by atoms with Crippen molar-refractivity contribution in [2.45, 2.75) is 63.8 Å². The normalized spacial score (nSPS) is 21.0. The summed E-state index contributed by atoms with van der Waals surface area (Å²) >= 11 is 1.43. The number of ketones is 1. The molecule has 9 heteroatoms. The Balaban J connectivity index is 1.62. The van der Waals surface area contributed by atoms with Crippen molar-refractivity contribution >= 4 is 27.8 Å². The fourth-order valence-electron chi connectivity index (χ4n) is 4.98. The van der Waals surface area contributed by atoms with Crippen molar-refractivity contribution in [3.63, 3.8) is 0 Å². The Bertz CT molecular complexity index is 1130. The minimum Gasteiger partial charge on any atom is -0.462 e. The number of Topliss-reactive ketones (excluding diaryl/α,β-unsaturated/α-hetero) is 1. The van der Waals surface area contributed by atoms with E-state index in [2.05, 4.69) is 28.0 Å². The molecule has 4 N–H and O–H groups in total. The summed E-state index contributed by atoms with van der Waals surface area (Å²) in [6.07, 6.45) is 7.58. The average Bonchev–Trinajstić information content (AvgIpc) is 3.41. The predicted molar refractivity (Wildman–Crippen MR) is 133 cm³/mol. The quantitative estimate of drug-likeness (QED) is 0.548. The number of aryl methyl sites for hydroxylation is 1. The van der Waals surface area contributed by atoms with Crippen molar-refractivity contribution in [1.82, 2.24) is 14.9 Å². The number of allylic oxidation sites excluding steroid dienone is 1. The maximum Gasteiger partial charge on any atom is 0.316 e. The van der Waals surface area contributed by atoms with E-state index in [1.807, 2.05) is 6.92 Å². The van der Waals surface area contributed by atoms with Gasteiger partial charge in [-0.3, -0.25) is 4.79 Å². The molecular weight excluding hydrogens is 448 g/mol. The lowest BCUT2D eigenvalue weighted by Crippen LogP contribution is -2.31. The number of hydrogen-bond acceptors (Lipinski definition) is 9. The highest BCUT2D eigenvalue weighted by Crippen LogP contribution is 2.43. The van der Waals surface area contributed by atoms with Crippen molar-refractivity contribution < 1.29 is 9.53 Å². The van der Waals surface area contributed by atoms with Crippen LogP contribution in [0.3, 0.4) is 0 Å². The molecule has 8 nitrogen and oxygen atoms in total. The molecule has 1 saturated heterocycles. The molecule has 0 radical (unpaired) electrons. The third-order valence-electron chi connectivity index (χ3n) is 6.83. The standard InChI is InChI=1S/C25H32N6O2S/c1-3-6-17(23(32)16-8-4-9-20-21(16)18(13-26)24(28)34-20)22(27)19-10-11-29-25(30-19)33-14-15-7-5-12-31(15)2/h10-11,15-16H,3-9,12,14,27-28H2,1-2H3/b22-17-/t15-,16-/m0/s1. The fourth-order valence-corrected chi connectivity index (χ4v) is 6.10. The van der Waals surface area contributed by atoms with Crippen LogP contribution in [-0.2, 0) is 11.2 Å². The van der Waals surface area contributed by atoms with Crippen LogP contribution in [0.15, 0.2) is 17.8 Å². The van der Waals surface area contributed by atoms with Crippen molar-refractivity contribution in [2.24, 2.45) is 5.73 Å². The van der Waals surface area contributed by atoms with Crippen molar-refractivity contribution in [3.05, 3.63) is 39.5 Å². The predicted octanol–water partition coefficient (Wildman–Crippen LogP) is 3.62. The van der Waals surface area contributed by atoms with Gasteiger partial charge in [-0.15, -0.1) is 11.3 Å². The minimum absolute atomic E-state index is 0.0386. The molecular formula is C25H32N6O2S. The number of thiophene rings is 1. The lowest BCUT2D eigenvalue weighted by atomic mass is 9.79. The maximum absolute atomic E-state index is 13.8. The van der Waals surface area contributed by atoms with E-state index in [4.69, 9.17) is 16.2 Å². The molecule has 0 saturated carbocycles. The monoisotopic (exact) mass is 480 g/mol. The Kier molecular flexibility index (Phi) is 7.49. The number of nitrogen functional groups attached to an aromatic ring is 1. The SMILES string of the molecule is CCC/C(C(=O)[C@H]1CCCc2sc(N)c(C#N)c21)=C(/N)c1ccnc(OC[C@@H]2CCCN2C)n1. The number of nitrogens with zero attached hydrogens (tertiary/aromatic N) is 4. The van der Waals surface area contributed by atoms with E-state index in [-0.39, 0.29) is 11.8 Å². The smallest absolute Gasteiger partial charge is 0.316 e. The number of rotatable bonds is 8. The van der Waals surface area contributed by atoms with E-state index < -0.39 is 5.92 Å². The van der Waals surface area contributed by atoms with Crippen LogP contribution in [0.4, 0.5) is 5.00 Å². The van der Waals surface area contributed by atoms with E-state index >= 15 is 0 Å². The summed E-state index contributed by atoms with van der Waals surface area (Å²) in [6.45, 7) is 3.60. The molecule has 34 heavy (non-hydrogen) atoms. The number of nitriles is 1. The van der Waals surface area contributed by atoms with E-state index in [1.165, 1.54) is 11.3 Å². The molecule has 1 fully saturated rings. The molecule has 180 valence electrons. The molecule has 4 rings (SSSR count). The number of likely N-dealkylation sites (tertiary alicyclic amines) is 1. The molecule has 0 unspecified atom stereocenters. The van der Waals surface area contributed by atoms with Gasteiger partial charge in [-0.25, -0.2) is 4.98 Å². The largest absolute Gasteiger partial charge is 0.462 e. The molecule has 0 aromatic carbocycles. The summed E-state index contributed by atoms with van der Waals surface area (Å²) in [4.78, 5) is 25.9. The highest BCUT2D eigenvalue weighted by Gasteiger charge is 2.34. The van der Waals surface area contributed by atoms with Gasteiger partial charge < -0.3 is 21.1 Å². The number of carbonyl (C=O) groups excluding carboxylic acids is 1. The molecule has 3 heterocycles. The number of hydrogen-bond donors (Lipinski definition) is 2. The first-order valence-corrected chi connectivity index (χ1v) is 12.8. The van der Waals surface area contributed by atoms with Crippen LogP contribution in [0, 0.1) is 11.3 Å². The molecule has 0 spiro atoms. The van der Waals surface area contributed by atoms with Gasteiger partial charge in [-0.05, 0) is 63.7 Å². The van der Waals surface area contributed by atoms with Crippen LogP contribution < -0.4 is 16.2 Å². The summed E-state index contributed by atoms with van der Waals surface area (Å²) in [6, 6.07) is 4.54. The van der Waals surface area contributed by atoms with Crippen LogP contribution >= 0.6 is 11.3 Å². The topological polar surface area (TPSA) is 131 Å². The second-order valence-electron chi connectivity index (χ2n) is 9.05. The summed E-state index contributed by atoms with van der Waals surface area (Å²) < 4.78 is 5.87. The zero-order valence-corrected chi connectivity index (χ0v) is 20.7. The number of ether oxygens (including phenoxy) is 1. The van der Waals surface area contributed by atoms with Gasteiger partial charge in [0, 0.05) is 28.6 Å². The van der Waals surface area contributed by atoms with Crippen molar-refractivity contribution in [1.29, 1.82) is 5.26 Å². The molecule has 2 aromatic heterocycles. The number of carbonyl (C=O) groups is 1. The average molecular weight is 481 g/mol. The lowest BCUT2D eigenvalue weighted by molar-refractivity contribution is -0.117. The maximum atomic E-state index is 13.8. The van der Waals surface area contributed by atoms with Gasteiger partial charge in [0.05, 0.1) is 17.0 Å². The van der Waals surface area contributed by atoms with E-state index in [0.29, 0.717) is 53.0 Å². The van der Waals surface area contributed by atoms with Crippen LogP contribution in [0.25, 0.3) is 5.70 Å². The van der Waals surface area contributed by atoms with Crippen molar-refractivity contribution in [2.75, 3.05) is 25.9 Å². The number of nitrogens with two attached hydrogens (primary N) is 2. The zero-order valence-electron chi connectivity index (χ0n) is 19.8. The second kappa shape index (κ2) is 10.5. The number of anilines is 1. The van der Waals surface area contributed by atoms with Gasteiger partial charge in [0.2, 0.25) is 0 Å². The van der Waals surface area contributed by atoms with Crippen LogP contribution in [0.2, 0.25) is 0 Å². The molecule has 1 aliphatic carbocycles.